The average Bonchev–Trinajstić information content (AvgIpc) is 2.69. The zero-order valence-corrected chi connectivity index (χ0v) is 10.9. The van der Waals surface area contributed by atoms with Gasteiger partial charge in [0.25, 0.3) is 0 Å². The number of aryl methyl sites for hydroxylation is 1. The van der Waals surface area contributed by atoms with Crippen LogP contribution in [0.3, 0.4) is 0 Å². The van der Waals surface area contributed by atoms with Crippen molar-refractivity contribution in [2.24, 2.45) is 0 Å². The molecule has 15 heavy (non-hydrogen) atoms. The van der Waals surface area contributed by atoms with E-state index in [0.717, 1.165) is 14.8 Å². The Kier molecular flexibility index (Phi) is 3.20. The Morgan fingerprint density at radius 3 is 3.00 bits per heavy atom. The number of alkyl halides is 1. The van der Waals surface area contributed by atoms with Crippen LogP contribution in [0.1, 0.15) is 11.4 Å². The lowest BCUT2D eigenvalue weighted by molar-refractivity contribution is 0.772. The average molecular weight is 335 g/mol. The normalized spacial score (nSPS) is 10.6. The molecule has 0 saturated carbocycles. The standard InChI is InChI=1S/C9H8ClIN4/c1-6-2-3-7(11)4-8(6)15-9(5-10)12-13-14-15/h2-4H,5H2,1H3. The van der Waals surface area contributed by atoms with Gasteiger partial charge in [-0.15, -0.1) is 16.7 Å². The summed E-state index contributed by atoms with van der Waals surface area (Å²) < 4.78 is 2.81. The van der Waals surface area contributed by atoms with E-state index in [9.17, 15) is 0 Å². The van der Waals surface area contributed by atoms with Gasteiger partial charge in [-0.05, 0) is 57.6 Å². The van der Waals surface area contributed by atoms with Crippen LogP contribution in [-0.4, -0.2) is 20.2 Å². The maximum absolute atomic E-state index is 5.75. The Morgan fingerprint density at radius 2 is 2.27 bits per heavy atom. The molecule has 0 atom stereocenters. The summed E-state index contributed by atoms with van der Waals surface area (Å²) in [4.78, 5) is 0. The first-order valence-electron chi connectivity index (χ1n) is 4.32. The zero-order valence-electron chi connectivity index (χ0n) is 7.98. The van der Waals surface area contributed by atoms with Gasteiger partial charge in [-0.1, -0.05) is 6.07 Å². The molecule has 2 aromatic rings. The van der Waals surface area contributed by atoms with Crippen molar-refractivity contribution in [2.45, 2.75) is 12.8 Å². The lowest BCUT2D eigenvalue weighted by atomic mass is 10.2. The second-order valence-electron chi connectivity index (χ2n) is 3.07. The molecule has 0 radical (unpaired) electrons. The monoisotopic (exact) mass is 334 g/mol. The van der Waals surface area contributed by atoms with Gasteiger partial charge in [0.2, 0.25) is 0 Å². The molecule has 0 bridgehead atoms. The molecule has 0 amide bonds. The highest BCUT2D eigenvalue weighted by Gasteiger charge is 2.09. The van der Waals surface area contributed by atoms with Gasteiger partial charge in [0.15, 0.2) is 5.82 Å². The molecule has 0 saturated heterocycles. The molecular formula is C9H8ClIN4. The molecule has 1 aromatic heterocycles. The highest BCUT2D eigenvalue weighted by atomic mass is 127. The third-order valence-corrected chi connectivity index (χ3v) is 2.96. The number of halogens is 2. The van der Waals surface area contributed by atoms with Crippen LogP contribution in [0.5, 0.6) is 0 Å². The largest absolute Gasteiger partial charge is 0.196 e. The third kappa shape index (κ3) is 2.12. The summed E-state index contributed by atoms with van der Waals surface area (Å²) in [5.41, 5.74) is 2.09. The smallest absolute Gasteiger partial charge is 0.171 e. The summed E-state index contributed by atoms with van der Waals surface area (Å²) in [6.07, 6.45) is 0. The minimum atomic E-state index is 0.303. The van der Waals surface area contributed by atoms with Crippen LogP contribution in [0.25, 0.3) is 5.69 Å². The fourth-order valence-corrected chi connectivity index (χ4v) is 1.93. The molecule has 0 N–H and O–H groups in total. The second-order valence-corrected chi connectivity index (χ2v) is 4.58. The predicted octanol–water partition coefficient (Wildman–Crippen LogP) is 2.31. The third-order valence-electron chi connectivity index (χ3n) is 2.05. The van der Waals surface area contributed by atoms with Gasteiger partial charge in [0.1, 0.15) is 0 Å². The minimum absolute atomic E-state index is 0.303. The minimum Gasteiger partial charge on any atom is -0.196 e. The molecule has 0 aliphatic heterocycles. The molecule has 78 valence electrons. The van der Waals surface area contributed by atoms with Crippen molar-refractivity contribution in [3.63, 3.8) is 0 Å². The van der Waals surface area contributed by atoms with Crippen molar-refractivity contribution in [3.8, 4) is 5.69 Å². The second kappa shape index (κ2) is 4.44. The van der Waals surface area contributed by atoms with E-state index >= 15 is 0 Å². The van der Waals surface area contributed by atoms with Gasteiger partial charge in [0.05, 0.1) is 11.6 Å². The molecule has 4 nitrogen and oxygen atoms in total. The summed E-state index contributed by atoms with van der Waals surface area (Å²) in [6.45, 7) is 2.02. The highest BCUT2D eigenvalue weighted by molar-refractivity contribution is 14.1. The van der Waals surface area contributed by atoms with E-state index < -0.39 is 0 Å². The van der Waals surface area contributed by atoms with Gasteiger partial charge in [-0.25, -0.2) is 0 Å². The Labute approximate surface area is 106 Å². The molecule has 0 fully saturated rings. The van der Waals surface area contributed by atoms with Crippen molar-refractivity contribution in [1.29, 1.82) is 0 Å². The Bertz CT molecular complexity index is 483. The topological polar surface area (TPSA) is 43.6 Å². The van der Waals surface area contributed by atoms with Gasteiger partial charge in [-0.3, -0.25) is 0 Å². The Balaban J connectivity index is 2.58. The van der Waals surface area contributed by atoms with Gasteiger partial charge in [0, 0.05) is 3.57 Å². The van der Waals surface area contributed by atoms with Crippen LogP contribution < -0.4 is 0 Å². The summed E-state index contributed by atoms with van der Waals surface area (Å²) in [5, 5.41) is 11.4. The molecule has 0 unspecified atom stereocenters. The van der Waals surface area contributed by atoms with Crippen molar-refractivity contribution in [2.75, 3.05) is 0 Å². The molecule has 1 aromatic carbocycles. The zero-order chi connectivity index (χ0) is 10.8. The maximum Gasteiger partial charge on any atom is 0.171 e. The first-order valence-corrected chi connectivity index (χ1v) is 5.93. The van der Waals surface area contributed by atoms with E-state index in [0.29, 0.717) is 11.7 Å². The number of hydrogen-bond donors (Lipinski definition) is 0. The van der Waals surface area contributed by atoms with Gasteiger partial charge in [-0.2, -0.15) is 4.68 Å². The first-order chi connectivity index (χ1) is 7.22. The molecule has 0 aliphatic rings. The number of benzene rings is 1. The fourth-order valence-electron chi connectivity index (χ4n) is 1.29. The molecule has 1 heterocycles. The van der Waals surface area contributed by atoms with Crippen LogP contribution >= 0.6 is 34.2 Å². The number of tetrazole rings is 1. The number of aromatic nitrogens is 4. The number of rotatable bonds is 2. The summed E-state index contributed by atoms with van der Waals surface area (Å²) in [6, 6.07) is 6.11. The van der Waals surface area contributed by atoms with Crippen molar-refractivity contribution >= 4 is 34.2 Å². The van der Waals surface area contributed by atoms with Crippen molar-refractivity contribution in [3.05, 3.63) is 33.2 Å². The van der Waals surface area contributed by atoms with E-state index in [-0.39, 0.29) is 0 Å². The van der Waals surface area contributed by atoms with Crippen molar-refractivity contribution < 1.29 is 0 Å². The van der Waals surface area contributed by atoms with Crippen LogP contribution in [-0.2, 0) is 5.88 Å². The van der Waals surface area contributed by atoms with E-state index in [1.807, 2.05) is 25.1 Å². The van der Waals surface area contributed by atoms with Crippen LogP contribution in [0.2, 0.25) is 0 Å². The fraction of sp³-hybridized carbons (Fsp3) is 0.222. The lowest BCUT2D eigenvalue weighted by Gasteiger charge is -2.06. The van der Waals surface area contributed by atoms with Crippen LogP contribution in [0.15, 0.2) is 18.2 Å². The quantitative estimate of drug-likeness (QED) is 0.625. The molecular weight excluding hydrogens is 326 g/mol. The highest BCUT2D eigenvalue weighted by Crippen LogP contribution is 2.17. The summed E-state index contributed by atoms with van der Waals surface area (Å²) in [7, 11) is 0. The lowest BCUT2D eigenvalue weighted by Crippen LogP contribution is -2.03. The predicted molar refractivity (Wildman–Crippen MR) is 66.2 cm³/mol. The molecule has 6 heteroatoms. The molecule has 0 aliphatic carbocycles. The number of hydrogen-bond acceptors (Lipinski definition) is 3. The summed E-state index contributed by atoms with van der Waals surface area (Å²) >= 11 is 8.01. The van der Waals surface area contributed by atoms with Gasteiger partial charge >= 0.3 is 0 Å². The van der Waals surface area contributed by atoms with Crippen LogP contribution in [0.4, 0.5) is 0 Å². The SMILES string of the molecule is Cc1ccc(I)cc1-n1nnnc1CCl. The van der Waals surface area contributed by atoms with E-state index in [2.05, 4.69) is 38.1 Å². The number of nitrogens with zero attached hydrogens (tertiary/aromatic N) is 4. The van der Waals surface area contributed by atoms with Crippen molar-refractivity contribution in [1.82, 2.24) is 20.2 Å². The van der Waals surface area contributed by atoms with E-state index in [4.69, 9.17) is 11.6 Å². The molecule has 0 spiro atoms. The first kappa shape index (κ1) is 10.8. The van der Waals surface area contributed by atoms with E-state index in [1.165, 1.54) is 0 Å². The Morgan fingerprint density at radius 1 is 1.47 bits per heavy atom. The molecule has 2 rings (SSSR count). The van der Waals surface area contributed by atoms with Gasteiger partial charge < -0.3 is 0 Å². The maximum atomic E-state index is 5.75. The van der Waals surface area contributed by atoms with E-state index in [1.54, 1.807) is 4.68 Å². The Hall–Kier alpha value is -0.690. The summed E-state index contributed by atoms with van der Waals surface area (Å²) in [5.74, 6) is 0.958. The van der Waals surface area contributed by atoms with Crippen LogP contribution in [0, 0.1) is 10.5 Å².